The molecule has 7 nitrogen and oxygen atoms in total. The molecule has 0 spiro atoms. The van der Waals surface area contributed by atoms with Crippen LogP contribution in [0.15, 0.2) is 65.3 Å². The highest BCUT2D eigenvalue weighted by molar-refractivity contribution is 6.03. The van der Waals surface area contributed by atoms with Crippen LogP contribution in [-0.2, 0) is 17.8 Å². The van der Waals surface area contributed by atoms with Gasteiger partial charge in [0.15, 0.2) is 11.5 Å². The highest BCUT2D eigenvalue weighted by atomic mass is 16.5. The molecular formula is C24H24N2O5. The van der Waals surface area contributed by atoms with E-state index in [-0.39, 0.29) is 24.8 Å². The van der Waals surface area contributed by atoms with Crippen LogP contribution in [0.1, 0.15) is 34.5 Å². The molecule has 0 aliphatic carbocycles. The molecule has 2 heterocycles. The van der Waals surface area contributed by atoms with Crippen molar-refractivity contribution in [2.24, 2.45) is 0 Å². The zero-order valence-electron chi connectivity index (χ0n) is 17.1. The fourth-order valence-corrected chi connectivity index (χ4v) is 3.30. The number of nitrogens with one attached hydrogen (secondary N) is 2. The lowest BCUT2D eigenvalue weighted by Crippen LogP contribution is -2.24. The fraction of sp³-hybridized carbons (Fsp3) is 0.250. The molecule has 0 bridgehead atoms. The fourth-order valence-electron chi connectivity index (χ4n) is 3.30. The third-order valence-electron chi connectivity index (χ3n) is 4.90. The average molecular weight is 420 g/mol. The average Bonchev–Trinajstić information content (AvgIpc) is 3.20. The maximum atomic E-state index is 12.6. The molecular weight excluding hydrogens is 396 g/mol. The van der Waals surface area contributed by atoms with Crippen LogP contribution < -0.4 is 20.1 Å². The summed E-state index contributed by atoms with van der Waals surface area (Å²) in [7, 11) is 0. The summed E-state index contributed by atoms with van der Waals surface area (Å²) < 4.78 is 16.6. The van der Waals surface area contributed by atoms with Gasteiger partial charge in [0.25, 0.3) is 5.91 Å². The van der Waals surface area contributed by atoms with Gasteiger partial charge in [-0.15, -0.1) is 0 Å². The Morgan fingerprint density at radius 2 is 1.77 bits per heavy atom. The zero-order valence-corrected chi connectivity index (χ0v) is 17.1. The van der Waals surface area contributed by atoms with E-state index in [0.29, 0.717) is 42.4 Å². The highest BCUT2D eigenvalue weighted by Crippen LogP contribution is 2.30. The van der Waals surface area contributed by atoms with Crippen molar-refractivity contribution in [2.45, 2.75) is 25.8 Å². The minimum absolute atomic E-state index is 0.168. The molecule has 2 N–H and O–H groups in total. The van der Waals surface area contributed by atoms with E-state index in [0.717, 1.165) is 17.7 Å². The number of para-hydroxylation sites is 1. The Morgan fingerprint density at radius 3 is 2.61 bits per heavy atom. The molecule has 4 rings (SSSR count). The Balaban J connectivity index is 1.34. The molecule has 1 aliphatic rings. The number of rotatable bonds is 7. The van der Waals surface area contributed by atoms with Crippen LogP contribution in [0.3, 0.4) is 0 Å². The molecule has 0 saturated heterocycles. The second-order valence-electron chi connectivity index (χ2n) is 7.19. The van der Waals surface area contributed by atoms with Gasteiger partial charge in [0.2, 0.25) is 5.91 Å². The standard InChI is InChI=1S/C24H24N2O5/c27-23(11-9-17-8-10-21-22(15-17)31-14-4-13-30-21)26-20-7-2-1-6-19(20)24(28)25-16-18-5-3-12-29-18/h1-3,5-8,10,12,15H,4,9,11,13-14,16H2,(H,25,28)(H,26,27). The molecule has 3 aromatic rings. The number of aryl methyl sites for hydroxylation is 1. The molecule has 31 heavy (non-hydrogen) atoms. The van der Waals surface area contributed by atoms with Gasteiger partial charge < -0.3 is 24.5 Å². The van der Waals surface area contributed by atoms with Gasteiger partial charge in [0.1, 0.15) is 5.76 Å². The SMILES string of the molecule is O=C(CCc1ccc2c(c1)OCCCO2)Nc1ccccc1C(=O)NCc1ccco1. The summed E-state index contributed by atoms with van der Waals surface area (Å²) in [6.07, 6.45) is 3.23. The molecule has 1 aromatic heterocycles. The Bertz CT molecular complexity index is 1050. The van der Waals surface area contributed by atoms with Crippen molar-refractivity contribution in [3.63, 3.8) is 0 Å². The van der Waals surface area contributed by atoms with E-state index in [1.54, 1.807) is 42.7 Å². The second kappa shape index (κ2) is 9.84. The van der Waals surface area contributed by atoms with Crippen molar-refractivity contribution in [1.82, 2.24) is 5.32 Å². The van der Waals surface area contributed by atoms with Crippen molar-refractivity contribution in [3.8, 4) is 11.5 Å². The molecule has 0 fully saturated rings. The first-order valence-corrected chi connectivity index (χ1v) is 10.3. The number of hydrogen-bond donors (Lipinski definition) is 2. The number of carbonyl (C=O) groups excluding carboxylic acids is 2. The lowest BCUT2D eigenvalue weighted by Gasteiger charge is -2.12. The Morgan fingerprint density at radius 1 is 0.935 bits per heavy atom. The van der Waals surface area contributed by atoms with E-state index in [2.05, 4.69) is 10.6 Å². The zero-order chi connectivity index (χ0) is 21.5. The number of anilines is 1. The smallest absolute Gasteiger partial charge is 0.253 e. The van der Waals surface area contributed by atoms with Crippen molar-refractivity contribution in [1.29, 1.82) is 0 Å². The maximum Gasteiger partial charge on any atom is 0.253 e. The Hall–Kier alpha value is -3.74. The number of fused-ring (bicyclic) bond motifs is 1. The number of hydrogen-bond acceptors (Lipinski definition) is 5. The molecule has 0 unspecified atom stereocenters. The quantitative estimate of drug-likeness (QED) is 0.604. The lowest BCUT2D eigenvalue weighted by molar-refractivity contribution is -0.116. The van der Waals surface area contributed by atoms with Crippen molar-refractivity contribution >= 4 is 17.5 Å². The number of furan rings is 1. The van der Waals surface area contributed by atoms with Crippen LogP contribution in [0.25, 0.3) is 0 Å². The second-order valence-corrected chi connectivity index (χ2v) is 7.19. The molecule has 2 aromatic carbocycles. The normalized spacial score (nSPS) is 12.6. The molecule has 2 amide bonds. The Labute approximate surface area is 180 Å². The monoisotopic (exact) mass is 420 g/mol. The summed E-state index contributed by atoms with van der Waals surface area (Å²) in [5, 5.41) is 5.65. The van der Waals surface area contributed by atoms with Crippen LogP contribution in [0.2, 0.25) is 0 Å². The number of benzene rings is 2. The molecule has 0 radical (unpaired) electrons. The van der Waals surface area contributed by atoms with E-state index in [4.69, 9.17) is 13.9 Å². The highest BCUT2D eigenvalue weighted by Gasteiger charge is 2.15. The topological polar surface area (TPSA) is 89.8 Å². The van der Waals surface area contributed by atoms with Crippen molar-refractivity contribution in [2.75, 3.05) is 18.5 Å². The molecule has 0 atom stereocenters. The van der Waals surface area contributed by atoms with Gasteiger partial charge in [0.05, 0.1) is 37.3 Å². The van der Waals surface area contributed by atoms with Gasteiger partial charge in [-0.25, -0.2) is 0 Å². The summed E-state index contributed by atoms with van der Waals surface area (Å²) in [5.41, 5.74) is 1.87. The minimum Gasteiger partial charge on any atom is -0.490 e. The summed E-state index contributed by atoms with van der Waals surface area (Å²) in [5.74, 6) is 1.66. The van der Waals surface area contributed by atoms with Gasteiger partial charge in [-0.05, 0) is 48.4 Å². The van der Waals surface area contributed by atoms with Gasteiger partial charge in [-0.2, -0.15) is 0 Å². The van der Waals surface area contributed by atoms with Crippen LogP contribution >= 0.6 is 0 Å². The predicted molar refractivity (Wildman–Crippen MR) is 115 cm³/mol. The van der Waals surface area contributed by atoms with E-state index in [9.17, 15) is 9.59 Å². The first kappa shape index (κ1) is 20.5. The Kier molecular flexibility index (Phi) is 6.52. The van der Waals surface area contributed by atoms with Crippen LogP contribution in [0.4, 0.5) is 5.69 Å². The van der Waals surface area contributed by atoms with Crippen LogP contribution in [0.5, 0.6) is 11.5 Å². The number of ether oxygens (including phenoxy) is 2. The first-order chi connectivity index (χ1) is 15.2. The van der Waals surface area contributed by atoms with Gasteiger partial charge in [-0.1, -0.05) is 18.2 Å². The molecule has 0 saturated carbocycles. The third-order valence-corrected chi connectivity index (χ3v) is 4.90. The molecule has 1 aliphatic heterocycles. The van der Waals surface area contributed by atoms with Crippen molar-refractivity contribution < 1.29 is 23.5 Å². The summed E-state index contributed by atoms with van der Waals surface area (Å²) in [4.78, 5) is 25.1. The van der Waals surface area contributed by atoms with Crippen LogP contribution in [0, 0.1) is 0 Å². The van der Waals surface area contributed by atoms with E-state index < -0.39 is 0 Å². The first-order valence-electron chi connectivity index (χ1n) is 10.3. The van der Waals surface area contributed by atoms with Gasteiger partial charge in [0, 0.05) is 12.8 Å². The number of carbonyl (C=O) groups is 2. The van der Waals surface area contributed by atoms with Gasteiger partial charge in [-0.3, -0.25) is 9.59 Å². The molecule has 7 heteroatoms. The summed E-state index contributed by atoms with van der Waals surface area (Å²) in [6.45, 7) is 1.54. The van der Waals surface area contributed by atoms with Crippen LogP contribution in [-0.4, -0.2) is 25.0 Å². The number of amides is 2. The van der Waals surface area contributed by atoms with Crippen molar-refractivity contribution in [3.05, 3.63) is 77.7 Å². The van der Waals surface area contributed by atoms with E-state index >= 15 is 0 Å². The third kappa shape index (κ3) is 5.45. The minimum atomic E-state index is -0.282. The largest absolute Gasteiger partial charge is 0.490 e. The van der Waals surface area contributed by atoms with E-state index in [1.807, 2.05) is 18.2 Å². The van der Waals surface area contributed by atoms with E-state index in [1.165, 1.54) is 0 Å². The lowest BCUT2D eigenvalue weighted by atomic mass is 10.1. The summed E-state index contributed by atoms with van der Waals surface area (Å²) >= 11 is 0. The summed E-state index contributed by atoms with van der Waals surface area (Å²) in [6, 6.07) is 16.2. The predicted octanol–water partition coefficient (Wildman–Crippen LogP) is 3.94. The molecule has 160 valence electrons. The van der Waals surface area contributed by atoms with Gasteiger partial charge >= 0.3 is 0 Å². The maximum absolute atomic E-state index is 12.6.